The van der Waals surface area contributed by atoms with Crippen LogP contribution in [0.3, 0.4) is 0 Å². The van der Waals surface area contributed by atoms with Gasteiger partial charge in [0.15, 0.2) is 0 Å². The molecule has 1 aromatic carbocycles. The number of imidazole rings is 1. The van der Waals surface area contributed by atoms with Gasteiger partial charge in [0, 0.05) is 37.7 Å². The summed E-state index contributed by atoms with van der Waals surface area (Å²) in [5.41, 5.74) is 3.31. The Hall–Kier alpha value is -4.25. The number of amides is 1. The van der Waals surface area contributed by atoms with Crippen LogP contribution in [-0.4, -0.2) is 30.1 Å². The van der Waals surface area contributed by atoms with Gasteiger partial charge < -0.3 is 14.3 Å². The van der Waals surface area contributed by atoms with Crippen LogP contribution in [0, 0.1) is 17.2 Å². The van der Waals surface area contributed by atoms with Crippen LogP contribution >= 0.6 is 0 Å². The molecule has 8 heteroatoms. The molecule has 1 amide bonds. The number of nitrogens with zero attached hydrogens (tertiary/aromatic N) is 6. The Kier molecular flexibility index (Phi) is 5.02. The Morgan fingerprint density at radius 3 is 2.97 bits per heavy atom. The number of nitrogens with one attached hydrogen (secondary N) is 1. The van der Waals surface area contributed by atoms with E-state index in [1.807, 2.05) is 40.4 Å². The Bertz CT molecular complexity index is 1400. The first kappa shape index (κ1) is 20.6. The van der Waals surface area contributed by atoms with Gasteiger partial charge in [0.05, 0.1) is 17.0 Å². The molecule has 5 rings (SSSR count). The maximum absolute atomic E-state index is 13.2. The van der Waals surface area contributed by atoms with Crippen LogP contribution < -0.4 is 5.32 Å². The lowest BCUT2D eigenvalue weighted by Crippen LogP contribution is -2.44. The van der Waals surface area contributed by atoms with Crippen molar-refractivity contribution < 1.29 is 4.79 Å². The molecule has 1 N–H and O–H groups in total. The van der Waals surface area contributed by atoms with E-state index in [0.29, 0.717) is 29.2 Å². The fraction of sp³-hybridized carbons (Fsp3) is 0.240. The number of hydrogen-bond acceptors (Lipinski definition) is 5. The number of carbonyl (C=O) groups excluding carboxylic acids is 1. The van der Waals surface area contributed by atoms with E-state index in [1.54, 1.807) is 30.9 Å². The minimum absolute atomic E-state index is 0.240. The molecule has 1 fully saturated rings. The molecule has 1 aliphatic rings. The van der Waals surface area contributed by atoms with Crippen molar-refractivity contribution in [3.8, 4) is 6.07 Å². The van der Waals surface area contributed by atoms with E-state index in [2.05, 4.69) is 39.2 Å². The SMILES string of the molecule is C=Cc1cc(C(=O)Nc2cccc(C3(c4nncn4C)CC(CC#N)C3)c2)c2nccn2c1. The van der Waals surface area contributed by atoms with Crippen molar-refractivity contribution in [2.24, 2.45) is 13.0 Å². The smallest absolute Gasteiger partial charge is 0.259 e. The predicted octanol–water partition coefficient (Wildman–Crippen LogP) is 3.97. The van der Waals surface area contributed by atoms with Crippen LogP contribution in [-0.2, 0) is 12.5 Å². The molecule has 0 atom stereocenters. The van der Waals surface area contributed by atoms with Gasteiger partial charge in [-0.3, -0.25) is 4.79 Å². The fourth-order valence-corrected chi connectivity index (χ4v) is 4.89. The van der Waals surface area contributed by atoms with Crippen molar-refractivity contribution in [2.45, 2.75) is 24.7 Å². The summed E-state index contributed by atoms with van der Waals surface area (Å²) in [4.78, 5) is 17.5. The van der Waals surface area contributed by atoms with Crippen molar-refractivity contribution in [3.63, 3.8) is 0 Å². The highest BCUT2D eigenvalue weighted by molar-refractivity contribution is 6.08. The monoisotopic (exact) mass is 437 g/mol. The zero-order valence-electron chi connectivity index (χ0n) is 18.3. The van der Waals surface area contributed by atoms with Gasteiger partial charge in [-0.1, -0.05) is 24.8 Å². The molecular formula is C25H23N7O. The van der Waals surface area contributed by atoms with Crippen molar-refractivity contribution in [2.75, 3.05) is 5.32 Å². The van der Waals surface area contributed by atoms with Crippen molar-refractivity contribution in [1.29, 1.82) is 5.26 Å². The average molecular weight is 438 g/mol. The maximum Gasteiger partial charge on any atom is 0.259 e. The molecule has 1 saturated carbocycles. The lowest BCUT2D eigenvalue weighted by atomic mass is 9.57. The van der Waals surface area contributed by atoms with Gasteiger partial charge in [-0.15, -0.1) is 10.2 Å². The highest BCUT2D eigenvalue weighted by Crippen LogP contribution is 2.53. The first-order chi connectivity index (χ1) is 16.0. The number of aryl methyl sites for hydroxylation is 1. The summed E-state index contributed by atoms with van der Waals surface area (Å²) < 4.78 is 3.75. The van der Waals surface area contributed by atoms with Crippen molar-refractivity contribution in [1.82, 2.24) is 24.1 Å². The Morgan fingerprint density at radius 2 is 2.24 bits per heavy atom. The molecule has 1 aliphatic carbocycles. The van der Waals surface area contributed by atoms with E-state index in [0.717, 1.165) is 29.8 Å². The molecule has 0 spiro atoms. The second kappa shape index (κ2) is 8.02. The molecule has 0 unspecified atom stereocenters. The molecule has 0 radical (unpaired) electrons. The Labute approximate surface area is 191 Å². The number of benzene rings is 1. The zero-order valence-corrected chi connectivity index (χ0v) is 18.3. The first-order valence-electron chi connectivity index (χ1n) is 10.8. The minimum Gasteiger partial charge on any atom is -0.322 e. The number of carbonyl (C=O) groups is 1. The quantitative estimate of drug-likeness (QED) is 0.492. The second-order valence-electron chi connectivity index (χ2n) is 8.57. The third-order valence-electron chi connectivity index (χ3n) is 6.46. The van der Waals surface area contributed by atoms with Crippen LogP contribution in [0.1, 0.15) is 46.6 Å². The minimum atomic E-state index is -0.327. The van der Waals surface area contributed by atoms with Crippen LogP contribution in [0.4, 0.5) is 5.69 Å². The summed E-state index contributed by atoms with van der Waals surface area (Å²) in [7, 11) is 1.93. The van der Waals surface area contributed by atoms with Crippen LogP contribution in [0.2, 0.25) is 0 Å². The molecule has 0 saturated heterocycles. The Balaban J connectivity index is 1.48. The van der Waals surface area contributed by atoms with Crippen LogP contribution in [0.15, 0.2) is 61.8 Å². The van der Waals surface area contributed by atoms with Gasteiger partial charge in [0.2, 0.25) is 0 Å². The number of rotatable bonds is 6. The number of anilines is 1. The van der Waals surface area contributed by atoms with Gasteiger partial charge in [-0.25, -0.2) is 4.98 Å². The van der Waals surface area contributed by atoms with E-state index >= 15 is 0 Å². The zero-order chi connectivity index (χ0) is 23.0. The topological polar surface area (TPSA) is 101 Å². The van der Waals surface area contributed by atoms with Crippen LogP contribution in [0.25, 0.3) is 11.7 Å². The number of pyridine rings is 1. The third-order valence-corrected chi connectivity index (χ3v) is 6.46. The molecule has 4 aromatic rings. The summed E-state index contributed by atoms with van der Waals surface area (Å²) >= 11 is 0. The van der Waals surface area contributed by atoms with E-state index in [9.17, 15) is 4.79 Å². The summed E-state index contributed by atoms with van der Waals surface area (Å²) in [6.45, 7) is 3.81. The van der Waals surface area contributed by atoms with E-state index in [-0.39, 0.29) is 11.3 Å². The number of nitriles is 1. The predicted molar refractivity (Wildman–Crippen MR) is 124 cm³/mol. The van der Waals surface area contributed by atoms with E-state index in [4.69, 9.17) is 5.26 Å². The van der Waals surface area contributed by atoms with E-state index in [1.165, 1.54) is 0 Å². The molecule has 0 bridgehead atoms. The normalized spacial score (nSPS) is 19.6. The third kappa shape index (κ3) is 3.48. The molecule has 33 heavy (non-hydrogen) atoms. The van der Waals surface area contributed by atoms with Crippen molar-refractivity contribution in [3.05, 3.63) is 84.3 Å². The van der Waals surface area contributed by atoms with Gasteiger partial charge in [0.25, 0.3) is 5.91 Å². The molecule has 3 heterocycles. The second-order valence-corrected chi connectivity index (χ2v) is 8.57. The molecule has 164 valence electrons. The fourth-order valence-electron chi connectivity index (χ4n) is 4.89. The Morgan fingerprint density at radius 1 is 1.39 bits per heavy atom. The van der Waals surface area contributed by atoms with Crippen molar-refractivity contribution >= 4 is 23.3 Å². The highest BCUT2D eigenvalue weighted by atomic mass is 16.1. The van der Waals surface area contributed by atoms with Crippen LogP contribution in [0.5, 0.6) is 0 Å². The van der Waals surface area contributed by atoms with E-state index < -0.39 is 0 Å². The van der Waals surface area contributed by atoms with Gasteiger partial charge >= 0.3 is 0 Å². The highest BCUT2D eigenvalue weighted by Gasteiger charge is 2.49. The van der Waals surface area contributed by atoms with Gasteiger partial charge in [-0.05, 0) is 48.1 Å². The van der Waals surface area contributed by atoms with Gasteiger partial charge in [-0.2, -0.15) is 5.26 Å². The molecule has 8 nitrogen and oxygen atoms in total. The lowest BCUT2D eigenvalue weighted by molar-refractivity contribution is 0.102. The maximum atomic E-state index is 13.2. The average Bonchev–Trinajstić information content (AvgIpc) is 3.44. The van der Waals surface area contributed by atoms with Gasteiger partial charge in [0.1, 0.15) is 17.8 Å². The number of aromatic nitrogens is 5. The molecular weight excluding hydrogens is 414 g/mol. The number of hydrogen-bond donors (Lipinski definition) is 1. The standard InChI is InChI=1S/C25H23N7O/c1-3-17-11-21(22-27-9-10-32(22)15-17)23(33)29-20-6-4-5-19(12-20)25(13-18(14-25)7-8-26)24-30-28-16-31(24)2/h3-6,9-12,15-16,18H,1,7,13-14H2,2H3,(H,29,33). The lowest BCUT2D eigenvalue weighted by Gasteiger charge is -2.46. The first-order valence-corrected chi connectivity index (χ1v) is 10.8. The number of fused-ring (bicyclic) bond motifs is 1. The molecule has 3 aromatic heterocycles. The summed E-state index contributed by atoms with van der Waals surface area (Å²) in [5.74, 6) is 0.953. The summed E-state index contributed by atoms with van der Waals surface area (Å²) in [5, 5.41) is 20.6. The summed E-state index contributed by atoms with van der Waals surface area (Å²) in [6.07, 6.45) is 10.9. The largest absolute Gasteiger partial charge is 0.322 e. The summed E-state index contributed by atoms with van der Waals surface area (Å²) in [6, 6.07) is 11.9. The molecule has 0 aliphatic heterocycles.